The van der Waals surface area contributed by atoms with Crippen molar-refractivity contribution in [2.45, 2.75) is 19.5 Å². The summed E-state index contributed by atoms with van der Waals surface area (Å²) in [5.74, 6) is -1.07. The zero-order valence-corrected chi connectivity index (χ0v) is 8.88. The standard InChI is InChI=1S/C11H15NO3/c1-9(11(13)14)12(2,15)8-10-6-4-3-5-7-10/h3-7,9H,8H2,1-2H3,(H,13,14)/t9-,12?/m0/s1. The number of carboxylic acids is 1. The van der Waals surface area contributed by atoms with Crippen LogP contribution in [0.4, 0.5) is 0 Å². The highest BCUT2D eigenvalue weighted by molar-refractivity contribution is 5.71. The van der Waals surface area contributed by atoms with Gasteiger partial charge in [0.2, 0.25) is 0 Å². The van der Waals surface area contributed by atoms with E-state index in [2.05, 4.69) is 0 Å². The lowest BCUT2D eigenvalue weighted by Crippen LogP contribution is -2.49. The first-order valence-corrected chi connectivity index (χ1v) is 4.76. The number of hydrogen-bond donors (Lipinski definition) is 1. The molecule has 0 heterocycles. The molecular weight excluding hydrogens is 194 g/mol. The van der Waals surface area contributed by atoms with Crippen LogP contribution in [0.1, 0.15) is 12.5 Å². The molecule has 4 heteroatoms. The van der Waals surface area contributed by atoms with Gasteiger partial charge < -0.3 is 15.0 Å². The number of quaternary nitrogens is 1. The number of nitrogens with zero attached hydrogens (tertiary/aromatic N) is 1. The number of carboxylic acid groups (broad SMARTS) is 1. The first kappa shape index (κ1) is 11.7. The zero-order chi connectivity index (χ0) is 11.5. The molecule has 1 rings (SSSR count). The molecule has 0 aliphatic carbocycles. The van der Waals surface area contributed by atoms with E-state index in [4.69, 9.17) is 5.11 Å². The van der Waals surface area contributed by atoms with Crippen LogP contribution in [0.25, 0.3) is 0 Å². The summed E-state index contributed by atoms with van der Waals surface area (Å²) in [6.45, 7) is 1.60. The van der Waals surface area contributed by atoms with Gasteiger partial charge in [-0.1, -0.05) is 30.3 Å². The quantitative estimate of drug-likeness (QED) is 0.605. The first-order valence-electron chi connectivity index (χ1n) is 4.76. The van der Waals surface area contributed by atoms with Gasteiger partial charge in [0, 0.05) is 5.56 Å². The second-order valence-corrected chi connectivity index (χ2v) is 3.83. The number of likely N-dealkylation sites (N-methyl/N-ethyl adjacent to an activating group) is 1. The summed E-state index contributed by atoms with van der Waals surface area (Å²) in [5, 5.41) is 20.8. The molecule has 0 aliphatic heterocycles. The van der Waals surface area contributed by atoms with Crippen molar-refractivity contribution in [2.75, 3.05) is 7.05 Å². The van der Waals surface area contributed by atoms with Crippen molar-refractivity contribution in [1.29, 1.82) is 0 Å². The summed E-state index contributed by atoms with van der Waals surface area (Å²) in [7, 11) is 1.38. The van der Waals surface area contributed by atoms with Crippen molar-refractivity contribution in [2.24, 2.45) is 0 Å². The van der Waals surface area contributed by atoms with Gasteiger partial charge in [-0.3, -0.25) is 0 Å². The van der Waals surface area contributed by atoms with Crippen molar-refractivity contribution >= 4 is 5.97 Å². The van der Waals surface area contributed by atoms with Gasteiger partial charge in [-0.2, -0.15) is 0 Å². The van der Waals surface area contributed by atoms with Crippen LogP contribution in [0.3, 0.4) is 0 Å². The van der Waals surface area contributed by atoms with E-state index in [1.54, 1.807) is 0 Å². The monoisotopic (exact) mass is 209 g/mol. The van der Waals surface area contributed by atoms with E-state index in [1.165, 1.54) is 14.0 Å². The average molecular weight is 209 g/mol. The van der Waals surface area contributed by atoms with Crippen molar-refractivity contribution in [1.82, 2.24) is 0 Å². The van der Waals surface area contributed by atoms with Gasteiger partial charge in [0.05, 0.1) is 7.05 Å². The van der Waals surface area contributed by atoms with Crippen molar-refractivity contribution in [3.05, 3.63) is 41.1 Å². The molecular formula is C11H15NO3. The fraction of sp³-hybridized carbons (Fsp3) is 0.364. The van der Waals surface area contributed by atoms with Crippen LogP contribution in [0, 0.1) is 5.21 Å². The largest absolute Gasteiger partial charge is 0.632 e. The van der Waals surface area contributed by atoms with Crippen LogP contribution in [-0.4, -0.2) is 28.8 Å². The van der Waals surface area contributed by atoms with Crippen molar-refractivity contribution in [3.8, 4) is 0 Å². The molecule has 1 aromatic carbocycles. The summed E-state index contributed by atoms with van der Waals surface area (Å²) in [4.78, 5) is 10.7. The Balaban J connectivity index is 2.76. The highest BCUT2D eigenvalue weighted by Gasteiger charge is 2.26. The van der Waals surface area contributed by atoms with E-state index in [1.807, 2.05) is 30.3 Å². The summed E-state index contributed by atoms with van der Waals surface area (Å²) in [6.07, 6.45) is 0. The molecule has 0 saturated carbocycles. The summed E-state index contributed by atoms with van der Waals surface area (Å²) in [6, 6.07) is 8.22. The minimum absolute atomic E-state index is 0.175. The highest BCUT2D eigenvalue weighted by Crippen LogP contribution is 2.14. The third-order valence-corrected chi connectivity index (χ3v) is 2.52. The average Bonchev–Trinajstić information content (AvgIpc) is 2.17. The Morgan fingerprint density at radius 3 is 2.47 bits per heavy atom. The molecule has 0 amide bonds. The molecule has 1 N–H and O–H groups in total. The Hall–Kier alpha value is -1.39. The molecule has 0 aliphatic rings. The summed E-state index contributed by atoms with van der Waals surface area (Å²) < 4.78 is -0.792. The van der Waals surface area contributed by atoms with Crippen LogP contribution in [0.15, 0.2) is 30.3 Å². The lowest BCUT2D eigenvalue weighted by atomic mass is 10.2. The van der Waals surface area contributed by atoms with Crippen LogP contribution < -0.4 is 0 Å². The van der Waals surface area contributed by atoms with Gasteiger partial charge in [-0.05, 0) is 6.92 Å². The minimum atomic E-state index is -1.07. The molecule has 15 heavy (non-hydrogen) atoms. The summed E-state index contributed by atoms with van der Waals surface area (Å²) in [5.41, 5.74) is 0.850. The van der Waals surface area contributed by atoms with Crippen LogP contribution in [-0.2, 0) is 11.3 Å². The number of benzene rings is 1. The third kappa shape index (κ3) is 3.04. The Kier molecular flexibility index (Phi) is 3.44. The van der Waals surface area contributed by atoms with Gasteiger partial charge in [0.1, 0.15) is 6.54 Å². The third-order valence-electron chi connectivity index (χ3n) is 2.52. The van der Waals surface area contributed by atoms with E-state index < -0.39 is 16.7 Å². The van der Waals surface area contributed by atoms with Gasteiger partial charge in [0.15, 0.2) is 6.04 Å². The van der Waals surface area contributed by atoms with Gasteiger partial charge in [-0.15, -0.1) is 0 Å². The normalized spacial score (nSPS) is 16.7. The zero-order valence-electron chi connectivity index (χ0n) is 8.88. The topological polar surface area (TPSA) is 60.4 Å². The fourth-order valence-electron chi connectivity index (χ4n) is 1.32. The maximum absolute atomic E-state index is 12.0. The number of hydroxylamine groups is 3. The van der Waals surface area contributed by atoms with Gasteiger partial charge in [0.25, 0.3) is 0 Å². The van der Waals surface area contributed by atoms with Crippen molar-refractivity contribution < 1.29 is 14.5 Å². The Morgan fingerprint density at radius 2 is 2.00 bits per heavy atom. The molecule has 0 spiro atoms. The molecule has 0 aromatic heterocycles. The van der Waals surface area contributed by atoms with Crippen LogP contribution in [0.2, 0.25) is 0 Å². The molecule has 2 atom stereocenters. The first-order chi connectivity index (χ1) is 6.93. The number of hydrogen-bond acceptors (Lipinski definition) is 2. The van der Waals surface area contributed by atoms with Gasteiger partial charge in [-0.25, -0.2) is 4.79 Å². The smallest absolute Gasteiger partial charge is 0.362 e. The Labute approximate surface area is 88.9 Å². The second-order valence-electron chi connectivity index (χ2n) is 3.83. The minimum Gasteiger partial charge on any atom is -0.632 e. The predicted octanol–water partition coefficient (Wildman–Crippen LogP) is 1.60. The van der Waals surface area contributed by atoms with Crippen LogP contribution in [0.5, 0.6) is 0 Å². The molecule has 0 fully saturated rings. The summed E-state index contributed by atoms with van der Waals surface area (Å²) >= 11 is 0. The molecule has 0 saturated heterocycles. The van der Waals surface area contributed by atoms with E-state index in [-0.39, 0.29) is 6.54 Å². The SMILES string of the molecule is C[C@@H](C(=O)O)[N+](C)([O-])Cc1ccccc1. The van der Waals surface area contributed by atoms with Crippen molar-refractivity contribution in [3.63, 3.8) is 0 Å². The molecule has 1 unspecified atom stereocenters. The number of carbonyl (C=O) groups is 1. The maximum Gasteiger partial charge on any atom is 0.362 e. The van der Waals surface area contributed by atoms with Crippen LogP contribution >= 0.6 is 0 Å². The molecule has 82 valence electrons. The lowest BCUT2D eigenvalue weighted by molar-refractivity contribution is -0.889. The van der Waals surface area contributed by atoms with Gasteiger partial charge >= 0.3 is 5.97 Å². The number of rotatable bonds is 4. The maximum atomic E-state index is 12.0. The predicted molar refractivity (Wildman–Crippen MR) is 56.8 cm³/mol. The Morgan fingerprint density at radius 1 is 1.47 bits per heavy atom. The van der Waals surface area contributed by atoms with E-state index in [0.717, 1.165) is 5.56 Å². The van der Waals surface area contributed by atoms with E-state index >= 15 is 0 Å². The number of aliphatic carboxylic acids is 1. The lowest BCUT2D eigenvalue weighted by Gasteiger charge is -2.41. The fourth-order valence-corrected chi connectivity index (χ4v) is 1.32. The molecule has 1 aromatic rings. The molecule has 0 radical (unpaired) electrons. The van der Waals surface area contributed by atoms with E-state index in [9.17, 15) is 10.0 Å². The second kappa shape index (κ2) is 4.42. The highest BCUT2D eigenvalue weighted by atomic mass is 16.5. The Bertz CT molecular complexity index is 335. The molecule has 4 nitrogen and oxygen atoms in total. The van der Waals surface area contributed by atoms with E-state index in [0.29, 0.717) is 0 Å². The molecule has 0 bridgehead atoms.